The Hall–Kier alpha value is -0.820. The van der Waals surface area contributed by atoms with E-state index in [2.05, 4.69) is 49.5 Å². The fourth-order valence-electron chi connectivity index (χ4n) is 2.12. The Kier molecular flexibility index (Phi) is 4.00. The standard InChI is InChI=1S/C15H23N/c1-3-12(2)11-16-15(14-9-10-14)13-7-5-4-6-8-13/h4-8,12,14-16H,3,9-11H2,1-2H3. The number of benzene rings is 1. The maximum Gasteiger partial charge on any atom is 0.0348 e. The third-order valence-electron chi connectivity index (χ3n) is 3.64. The smallest absolute Gasteiger partial charge is 0.0348 e. The molecule has 2 rings (SSSR count). The van der Waals surface area contributed by atoms with Gasteiger partial charge < -0.3 is 5.32 Å². The number of rotatable bonds is 6. The molecule has 0 bridgehead atoms. The molecule has 1 aliphatic carbocycles. The molecule has 2 atom stereocenters. The van der Waals surface area contributed by atoms with Gasteiger partial charge in [-0.15, -0.1) is 0 Å². The van der Waals surface area contributed by atoms with Gasteiger partial charge in [-0.2, -0.15) is 0 Å². The van der Waals surface area contributed by atoms with Gasteiger partial charge in [0.25, 0.3) is 0 Å². The van der Waals surface area contributed by atoms with Crippen LogP contribution in [0.15, 0.2) is 30.3 Å². The third-order valence-corrected chi connectivity index (χ3v) is 3.64. The second-order valence-corrected chi connectivity index (χ2v) is 5.15. The minimum absolute atomic E-state index is 0.593. The van der Waals surface area contributed by atoms with Gasteiger partial charge in [0.1, 0.15) is 0 Å². The fraction of sp³-hybridized carbons (Fsp3) is 0.600. The van der Waals surface area contributed by atoms with Crippen molar-refractivity contribution in [3.8, 4) is 0 Å². The molecule has 0 heterocycles. The van der Waals surface area contributed by atoms with E-state index in [4.69, 9.17) is 0 Å². The van der Waals surface area contributed by atoms with Gasteiger partial charge in [-0.05, 0) is 36.8 Å². The van der Waals surface area contributed by atoms with E-state index in [1.54, 1.807) is 0 Å². The van der Waals surface area contributed by atoms with Crippen molar-refractivity contribution in [2.24, 2.45) is 11.8 Å². The van der Waals surface area contributed by atoms with Gasteiger partial charge >= 0.3 is 0 Å². The molecule has 0 aromatic heterocycles. The number of nitrogens with one attached hydrogen (secondary N) is 1. The molecule has 1 aromatic rings. The normalized spacial score (nSPS) is 19.4. The van der Waals surface area contributed by atoms with Crippen molar-refractivity contribution in [3.63, 3.8) is 0 Å². The topological polar surface area (TPSA) is 12.0 Å². The molecule has 88 valence electrons. The van der Waals surface area contributed by atoms with Gasteiger partial charge in [-0.1, -0.05) is 50.6 Å². The second-order valence-electron chi connectivity index (χ2n) is 5.15. The van der Waals surface area contributed by atoms with E-state index in [1.807, 2.05) is 0 Å². The van der Waals surface area contributed by atoms with Crippen LogP contribution in [0.4, 0.5) is 0 Å². The van der Waals surface area contributed by atoms with Crippen LogP contribution in [0, 0.1) is 11.8 Å². The predicted molar refractivity (Wildman–Crippen MR) is 69.4 cm³/mol. The highest BCUT2D eigenvalue weighted by atomic mass is 14.9. The monoisotopic (exact) mass is 217 g/mol. The highest BCUT2D eigenvalue weighted by Crippen LogP contribution is 2.40. The summed E-state index contributed by atoms with van der Waals surface area (Å²) < 4.78 is 0. The van der Waals surface area contributed by atoms with Crippen LogP contribution >= 0.6 is 0 Å². The third kappa shape index (κ3) is 3.08. The van der Waals surface area contributed by atoms with Crippen molar-refractivity contribution < 1.29 is 0 Å². The van der Waals surface area contributed by atoms with Gasteiger partial charge in [-0.25, -0.2) is 0 Å². The Morgan fingerprint density at radius 3 is 2.50 bits per heavy atom. The van der Waals surface area contributed by atoms with Crippen molar-refractivity contribution in [1.82, 2.24) is 5.32 Å². The Morgan fingerprint density at radius 1 is 1.25 bits per heavy atom. The Balaban J connectivity index is 1.95. The average molecular weight is 217 g/mol. The predicted octanol–water partition coefficient (Wildman–Crippen LogP) is 3.77. The Labute approximate surface area is 99.3 Å². The van der Waals surface area contributed by atoms with E-state index in [0.29, 0.717) is 6.04 Å². The van der Waals surface area contributed by atoms with Crippen LogP contribution in [0.2, 0.25) is 0 Å². The van der Waals surface area contributed by atoms with Gasteiger partial charge in [0.2, 0.25) is 0 Å². The first kappa shape index (κ1) is 11.7. The zero-order chi connectivity index (χ0) is 11.4. The molecule has 0 radical (unpaired) electrons. The van der Waals surface area contributed by atoms with Crippen molar-refractivity contribution >= 4 is 0 Å². The first-order chi connectivity index (χ1) is 7.81. The summed E-state index contributed by atoms with van der Waals surface area (Å²) in [6.07, 6.45) is 4.05. The van der Waals surface area contributed by atoms with Crippen LogP contribution in [-0.2, 0) is 0 Å². The van der Waals surface area contributed by atoms with Gasteiger partial charge in [0, 0.05) is 6.04 Å². The lowest BCUT2D eigenvalue weighted by Crippen LogP contribution is -2.27. The van der Waals surface area contributed by atoms with Crippen molar-refractivity contribution in [3.05, 3.63) is 35.9 Å². The first-order valence-electron chi connectivity index (χ1n) is 6.59. The van der Waals surface area contributed by atoms with E-state index in [-0.39, 0.29) is 0 Å². The highest BCUT2D eigenvalue weighted by molar-refractivity contribution is 5.21. The fourth-order valence-corrected chi connectivity index (χ4v) is 2.12. The molecule has 0 saturated heterocycles. The highest BCUT2D eigenvalue weighted by Gasteiger charge is 2.31. The zero-order valence-electron chi connectivity index (χ0n) is 10.4. The Bertz CT molecular complexity index is 302. The number of hydrogen-bond acceptors (Lipinski definition) is 1. The summed E-state index contributed by atoms with van der Waals surface area (Å²) in [5.41, 5.74) is 1.47. The molecular weight excluding hydrogens is 194 g/mol. The van der Waals surface area contributed by atoms with Crippen LogP contribution in [0.1, 0.15) is 44.7 Å². The molecule has 1 aliphatic rings. The molecule has 1 saturated carbocycles. The quantitative estimate of drug-likeness (QED) is 0.764. The molecule has 1 aromatic carbocycles. The minimum Gasteiger partial charge on any atom is -0.309 e. The largest absolute Gasteiger partial charge is 0.309 e. The first-order valence-corrected chi connectivity index (χ1v) is 6.59. The van der Waals surface area contributed by atoms with Crippen LogP contribution < -0.4 is 5.32 Å². The summed E-state index contributed by atoms with van der Waals surface area (Å²) >= 11 is 0. The summed E-state index contributed by atoms with van der Waals surface area (Å²) in [6.45, 7) is 5.73. The molecular formula is C15H23N. The van der Waals surface area contributed by atoms with Gasteiger partial charge in [0.05, 0.1) is 0 Å². The number of hydrogen-bond donors (Lipinski definition) is 1. The van der Waals surface area contributed by atoms with Crippen molar-refractivity contribution in [1.29, 1.82) is 0 Å². The lowest BCUT2D eigenvalue weighted by atomic mass is 10.0. The van der Waals surface area contributed by atoms with E-state index in [9.17, 15) is 0 Å². The summed E-state index contributed by atoms with van der Waals surface area (Å²) in [5, 5.41) is 3.75. The van der Waals surface area contributed by atoms with Crippen LogP contribution in [-0.4, -0.2) is 6.54 Å². The summed E-state index contributed by atoms with van der Waals surface area (Å²) in [5.74, 6) is 1.66. The minimum atomic E-state index is 0.593. The zero-order valence-corrected chi connectivity index (χ0v) is 10.4. The van der Waals surface area contributed by atoms with Crippen LogP contribution in [0.5, 0.6) is 0 Å². The van der Waals surface area contributed by atoms with Crippen molar-refractivity contribution in [2.75, 3.05) is 6.54 Å². The maximum absolute atomic E-state index is 3.75. The van der Waals surface area contributed by atoms with Gasteiger partial charge in [-0.3, -0.25) is 0 Å². The molecule has 0 amide bonds. The molecule has 1 fully saturated rings. The lowest BCUT2D eigenvalue weighted by Gasteiger charge is -2.21. The molecule has 16 heavy (non-hydrogen) atoms. The lowest BCUT2D eigenvalue weighted by molar-refractivity contribution is 0.417. The summed E-state index contributed by atoms with van der Waals surface area (Å²) in [7, 11) is 0. The van der Waals surface area contributed by atoms with E-state index in [1.165, 1.54) is 24.8 Å². The molecule has 2 unspecified atom stereocenters. The van der Waals surface area contributed by atoms with Crippen LogP contribution in [0.25, 0.3) is 0 Å². The molecule has 1 heteroatoms. The Morgan fingerprint density at radius 2 is 1.94 bits per heavy atom. The molecule has 0 aliphatic heterocycles. The van der Waals surface area contributed by atoms with Crippen LogP contribution in [0.3, 0.4) is 0 Å². The van der Waals surface area contributed by atoms with E-state index >= 15 is 0 Å². The maximum atomic E-state index is 3.75. The van der Waals surface area contributed by atoms with Crippen molar-refractivity contribution in [2.45, 2.75) is 39.2 Å². The van der Waals surface area contributed by atoms with Gasteiger partial charge in [0.15, 0.2) is 0 Å². The molecule has 1 N–H and O–H groups in total. The summed E-state index contributed by atoms with van der Waals surface area (Å²) in [6, 6.07) is 11.5. The summed E-state index contributed by atoms with van der Waals surface area (Å²) in [4.78, 5) is 0. The van der Waals surface area contributed by atoms with E-state index in [0.717, 1.165) is 18.4 Å². The molecule has 0 spiro atoms. The SMILES string of the molecule is CCC(C)CNC(c1ccccc1)C1CC1. The average Bonchev–Trinajstić information content (AvgIpc) is 3.15. The molecule has 1 nitrogen and oxygen atoms in total. The second kappa shape index (κ2) is 5.49. The van der Waals surface area contributed by atoms with E-state index < -0.39 is 0 Å².